The highest BCUT2D eigenvalue weighted by Gasteiger charge is 2.49. The normalized spacial score (nSPS) is 21.9. The Labute approximate surface area is 150 Å². The van der Waals surface area contributed by atoms with E-state index in [2.05, 4.69) is 10.3 Å². The van der Waals surface area contributed by atoms with Gasteiger partial charge >= 0.3 is 0 Å². The minimum Gasteiger partial charge on any atom is -0.392 e. The zero-order valence-electron chi connectivity index (χ0n) is 15.1. The Morgan fingerprint density at radius 3 is 2.44 bits per heavy atom. The highest BCUT2D eigenvalue weighted by Crippen LogP contribution is 2.50. The summed E-state index contributed by atoms with van der Waals surface area (Å²) in [5.74, 6) is 0.883. The van der Waals surface area contributed by atoms with Crippen LogP contribution in [-0.2, 0) is 10.0 Å². The van der Waals surface area contributed by atoms with Gasteiger partial charge in [-0.15, -0.1) is 0 Å². The van der Waals surface area contributed by atoms with Gasteiger partial charge in [-0.3, -0.25) is 0 Å². The largest absolute Gasteiger partial charge is 0.392 e. The third-order valence-corrected chi connectivity index (χ3v) is 7.34. The van der Waals surface area contributed by atoms with Crippen molar-refractivity contribution < 1.29 is 13.5 Å². The second-order valence-corrected chi connectivity index (χ2v) is 9.69. The Bertz CT molecular complexity index is 678. The lowest BCUT2D eigenvalue weighted by molar-refractivity contribution is 0.0567. The minimum atomic E-state index is -3.43. The number of sulfonamides is 1. The van der Waals surface area contributed by atoms with Crippen molar-refractivity contribution in [1.29, 1.82) is 0 Å². The first kappa shape index (κ1) is 18.6. The molecule has 3 rings (SSSR count). The van der Waals surface area contributed by atoms with E-state index < -0.39 is 10.0 Å². The molecule has 0 aromatic carbocycles. The Morgan fingerprint density at radius 1 is 1.24 bits per heavy atom. The third-order valence-electron chi connectivity index (χ3n) is 5.46. The van der Waals surface area contributed by atoms with Gasteiger partial charge in [0.15, 0.2) is 0 Å². The number of rotatable bonds is 7. The molecule has 0 bridgehead atoms. The topological polar surface area (TPSA) is 82.5 Å². The maximum Gasteiger partial charge on any atom is 0.244 e. The molecular weight excluding hydrogens is 338 g/mol. The molecule has 1 aromatic heterocycles. The molecular formula is C18H29N3O3S. The summed E-state index contributed by atoms with van der Waals surface area (Å²) in [6.07, 6.45) is 6.08. The van der Waals surface area contributed by atoms with Crippen LogP contribution in [0.1, 0.15) is 46.0 Å². The molecule has 1 aliphatic carbocycles. The molecule has 0 unspecified atom stereocenters. The molecule has 0 radical (unpaired) electrons. The molecule has 2 heterocycles. The summed E-state index contributed by atoms with van der Waals surface area (Å²) < 4.78 is 26.8. The maximum absolute atomic E-state index is 12.6. The van der Waals surface area contributed by atoms with Gasteiger partial charge in [-0.2, -0.15) is 4.31 Å². The minimum absolute atomic E-state index is 0.0611. The lowest BCUT2D eigenvalue weighted by Gasteiger charge is -2.26. The van der Waals surface area contributed by atoms with Crippen molar-refractivity contribution in [1.82, 2.24) is 9.29 Å². The number of hydrogen-bond donors (Lipinski definition) is 2. The van der Waals surface area contributed by atoms with E-state index in [0.717, 1.165) is 32.1 Å². The summed E-state index contributed by atoms with van der Waals surface area (Å²) in [4.78, 5) is 4.53. The van der Waals surface area contributed by atoms with Crippen LogP contribution >= 0.6 is 0 Å². The summed E-state index contributed by atoms with van der Waals surface area (Å²) in [6.45, 7) is 5.92. The lowest BCUT2D eigenvalue weighted by atomic mass is 9.90. The number of nitrogens with one attached hydrogen (secondary N) is 1. The standard InChI is InChI=1S/C18H29N3O3S/c1-14(2)17(22)18(8-9-18)13-20-16-7-6-15(12-19-16)25(23,24)21-10-4-3-5-11-21/h6-7,12,14,17,22H,3-5,8-11,13H2,1-2H3,(H,19,20)/t17-/m1/s1. The van der Waals surface area contributed by atoms with Gasteiger partial charge in [0.25, 0.3) is 0 Å². The monoisotopic (exact) mass is 367 g/mol. The molecule has 140 valence electrons. The molecule has 1 aliphatic heterocycles. The number of piperidine rings is 1. The fraction of sp³-hybridized carbons (Fsp3) is 0.722. The Kier molecular flexibility index (Phi) is 5.37. The average Bonchev–Trinajstić information content (AvgIpc) is 3.41. The molecule has 2 fully saturated rings. The summed E-state index contributed by atoms with van der Waals surface area (Å²) in [5.41, 5.74) is -0.0611. The molecule has 6 nitrogen and oxygen atoms in total. The van der Waals surface area contributed by atoms with Crippen LogP contribution in [0.2, 0.25) is 0 Å². The molecule has 2 N–H and O–H groups in total. The van der Waals surface area contributed by atoms with Gasteiger partial charge in [-0.05, 0) is 43.7 Å². The molecule has 1 aromatic rings. The van der Waals surface area contributed by atoms with Crippen molar-refractivity contribution in [3.63, 3.8) is 0 Å². The molecule has 7 heteroatoms. The Balaban J connectivity index is 1.63. The van der Waals surface area contributed by atoms with E-state index in [1.165, 1.54) is 6.20 Å². The van der Waals surface area contributed by atoms with Gasteiger partial charge in [0.05, 0.1) is 6.10 Å². The third kappa shape index (κ3) is 3.99. The zero-order valence-corrected chi connectivity index (χ0v) is 15.9. The lowest BCUT2D eigenvalue weighted by Crippen LogP contribution is -2.35. The maximum atomic E-state index is 12.6. The van der Waals surface area contributed by atoms with E-state index in [9.17, 15) is 13.5 Å². The van der Waals surface area contributed by atoms with Crippen LogP contribution in [0.5, 0.6) is 0 Å². The van der Waals surface area contributed by atoms with Crippen molar-refractivity contribution in [2.24, 2.45) is 11.3 Å². The van der Waals surface area contributed by atoms with Crippen LogP contribution < -0.4 is 5.32 Å². The van der Waals surface area contributed by atoms with Gasteiger partial charge in [-0.1, -0.05) is 20.3 Å². The van der Waals surface area contributed by atoms with E-state index >= 15 is 0 Å². The molecule has 1 atom stereocenters. The number of aliphatic hydroxyl groups excluding tert-OH is 1. The quantitative estimate of drug-likeness (QED) is 0.774. The number of anilines is 1. The summed E-state index contributed by atoms with van der Waals surface area (Å²) in [7, 11) is -3.43. The van der Waals surface area contributed by atoms with Gasteiger partial charge in [-0.25, -0.2) is 13.4 Å². The van der Waals surface area contributed by atoms with Gasteiger partial charge in [0.1, 0.15) is 10.7 Å². The fourth-order valence-corrected chi connectivity index (χ4v) is 5.07. The van der Waals surface area contributed by atoms with Gasteiger partial charge < -0.3 is 10.4 Å². The van der Waals surface area contributed by atoms with Gasteiger partial charge in [0.2, 0.25) is 10.0 Å². The smallest absolute Gasteiger partial charge is 0.244 e. The number of pyridine rings is 1. The number of aliphatic hydroxyl groups is 1. The zero-order chi connectivity index (χ0) is 18.1. The Morgan fingerprint density at radius 2 is 1.92 bits per heavy atom. The fourth-order valence-electron chi connectivity index (χ4n) is 3.60. The summed E-state index contributed by atoms with van der Waals surface area (Å²) in [6, 6.07) is 3.34. The van der Waals surface area contributed by atoms with Crippen LogP contribution in [0.25, 0.3) is 0 Å². The first-order valence-electron chi connectivity index (χ1n) is 9.23. The average molecular weight is 368 g/mol. The van der Waals surface area contributed by atoms with E-state index in [0.29, 0.717) is 25.5 Å². The van der Waals surface area contributed by atoms with E-state index in [1.807, 2.05) is 13.8 Å². The second-order valence-electron chi connectivity index (χ2n) is 7.75. The SMILES string of the molecule is CC(C)[C@@H](O)C1(CNc2ccc(S(=O)(=O)N3CCCCC3)cn2)CC1. The van der Waals surface area contributed by atoms with Crippen LogP contribution in [0, 0.1) is 11.3 Å². The van der Waals surface area contributed by atoms with Crippen LogP contribution in [0.3, 0.4) is 0 Å². The van der Waals surface area contributed by atoms with Crippen molar-refractivity contribution in [2.45, 2.75) is 57.0 Å². The highest BCUT2D eigenvalue weighted by molar-refractivity contribution is 7.89. The van der Waals surface area contributed by atoms with Crippen LogP contribution in [0.4, 0.5) is 5.82 Å². The van der Waals surface area contributed by atoms with Crippen molar-refractivity contribution in [2.75, 3.05) is 25.0 Å². The summed E-state index contributed by atoms with van der Waals surface area (Å²) in [5, 5.41) is 13.6. The molecule has 2 aliphatic rings. The molecule has 0 amide bonds. The van der Waals surface area contributed by atoms with E-state index in [4.69, 9.17) is 0 Å². The van der Waals surface area contributed by atoms with Crippen molar-refractivity contribution in [3.05, 3.63) is 18.3 Å². The highest BCUT2D eigenvalue weighted by atomic mass is 32.2. The predicted octanol–water partition coefficient (Wildman–Crippen LogP) is 2.47. The van der Waals surface area contributed by atoms with Crippen molar-refractivity contribution in [3.8, 4) is 0 Å². The van der Waals surface area contributed by atoms with Crippen molar-refractivity contribution >= 4 is 15.8 Å². The summed E-state index contributed by atoms with van der Waals surface area (Å²) >= 11 is 0. The van der Waals surface area contributed by atoms with Gasteiger partial charge in [0, 0.05) is 31.2 Å². The molecule has 25 heavy (non-hydrogen) atoms. The van der Waals surface area contributed by atoms with Crippen LogP contribution in [0.15, 0.2) is 23.2 Å². The number of nitrogens with zero attached hydrogens (tertiary/aromatic N) is 2. The Hall–Kier alpha value is -1.18. The molecule has 1 saturated heterocycles. The van der Waals surface area contributed by atoms with E-state index in [-0.39, 0.29) is 22.3 Å². The second kappa shape index (κ2) is 7.21. The number of aromatic nitrogens is 1. The van der Waals surface area contributed by atoms with Crippen LogP contribution in [-0.4, -0.2) is 48.6 Å². The molecule has 1 saturated carbocycles. The molecule has 0 spiro atoms. The predicted molar refractivity (Wildman–Crippen MR) is 97.8 cm³/mol. The first-order chi connectivity index (χ1) is 11.8. The van der Waals surface area contributed by atoms with E-state index in [1.54, 1.807) is 16.4 Å². The number of hydrogen-bond acceptors (Lipinski definition) is 5. The first-order valence-corrected chi connectivity index (χ1v) is 10.7.